The average Bonchev–Trinajstić information content (AvgIpc) is 2.79. The fraction of sp³-hybridized carbons (Fsp3) is 0.857. The van der Waals surface area contributed by atoms with Gasteiger partial charge in [0.05, 0.1) is 18.9 Å². The molecule has 2 unspecified atom stereocenters. The van der Waals surface area contributed by atoms with Gasteiger partial charge in [-0.25, -0.2) is 0 Å². The molecule has 0 spiro atoms. The maximum Gasteiger partial charge on any atom is 0.317 e. The number of ether oxygens (including phenoxy) is 2. The summed E-state index contributed by atoms with van der Waals surface area (Å²) in [6.45, 7) is 8.79. The van der Waals surface area contributed by atoms with Crippen molar-refractivity contribution < 1.29 is 43.5 Å². The first-order chi connectivity index (χ1) is 17.1. The van der Waals surface area contributed by atoms with Crippen molar-refractivity contribution in [2.24, 2.45) is 0 Å². The number of carboxylic acids is 1. The van der Waals surface area contributed by atoms with Gasteiger partial charge in [-0.1, -0.05) is 6.92 Å². The third-order valence-corrected chi connectivity index (χ3v) is 6.71. The second-order valence-electron chi connectivity index (χ2n) is 9.01. The number of aliphatic carboxylic acids is 1. The first-order valence-corrected chi connectivity index (χ1v) is 14.3. The number of aliphatic hydroxyl groups is 1. The third kappa shape index (κ3) is 15.5. The highest BCUT2D eigenvalue weighted by Crippen LogP contribution is 2.35. The Bertz CT molecular complexity index is 699. The van der Waals surface area contributed by atoms with E-state index in [0.717, 1.165) is 0 Å². The van der Waals surface area contributed by atoms with E-state index in [-0.39, 0.29) is 32.8 Å². The van der Waals surface area contributed by atoms with E-state index in [0.29, 0.717) is 78.4 Å². The smallest absolute Gasteiger partial charge is 0.317 e. The fourth-order valence-corrected chi connectivity index (χ4v) is 5.01. The molecule has 1 aliphatic rings. The minimum atomic E-state index is -3.27. The molecule has 15 heteroatoms. The van der Waals surface area contributed by atoms with Crippen molar-refractivity contribution >= 4 is 26.3 Å². The predicted octanol–water partition coefficient (Wildman–Crippen LogP) is -1.91. The Balaban J connectivity index is 2.92. The molecule has 2 atom stereocenters. The monoisotopic (exact) mass is 539 g/mol. The Morgan fingerprint density at radius 1 is 0.944 bits per heavy atom. The van der Waals surface area contributed by atoms with E-state index in [4.69, 9.17) is 9.47 Å². The van der Waals surface area contributed by atoms with E-state index < -0.39 is 19.4 Å². The van der Waals surface area contributed by atoms with Gasteiger partial charge in [-0.05, 0) is 6.54 Å². The maximum atomic E-state index is 11.8. The van der Waals surface area contributed by atoms with Crippen molar-refractivity contribution in [2.75, 3.05) is 105 Å². The standard InChI is InChI=1S/C21H42N5O9P/c1-3-22(17-36(2,32)33)12-20(29)13-23-4-5-24(14-21(30)31)7-9-26(16-35-19-28)11-10-25(8-6-23)15-34-18-27/h18-20,29H,3-17H2,1-2H3,(H,30,31)(H,32,33). The lowest BCUT2D eigenvalue weighted by atomic mass is 10.2. The maximum absolute atomic E-state index is 11.8. The minimum absolute atomic E-state index is 0.00587. The van der Waals surface area contributed by atoms with Gasteiger partial charge in [-0.3, -0.25) is 43.4 Å². The van der Waals surface area contributed by atoms with Crippen molar-refractivity contribution in [1.82, 2.24) is 24.5 Å². The summed E-state index contributed by atoms with van der Waals surface area (Å²) in [5, 5.41) is 20.1. The van der Waals surface area contributed by atoms with E-state index in [1.807, 2.05) is 21.6 Å². The molecule has 36 heavy (non-hydrogen) atoms. The summed E-state index contributed by atoms with van der Waals surface area (Å²) in [7, 11) is -3.27. The van der Waals surface area contributed by atoms with Gasteiger partial charge in [0, 0.05) is 72.1 Å². The summed E-state index contributed by atoms with van der Waals surface area (Å²) < 4.78 is 21.6. The molecule has 0 aromatic heterocycles. The van der Waals surface area contributed by atoms with Crippen molar-refractivity contribution in [3.63, 3.8) is 0 Å². The molecular formula is C21H42N5O9P. The second kappa shape index (κ2) is 17.8. The van der Waals surface area contributed by atoms with Crippen molar-refractivity contribution in [3.05, 3.63) is 0 Å². The van der Waals surface area contributed by atoms with Gasteiger partial charge in [0.25, 0.3) is 12.9 Å². The zero-order valence-corrected chi connectivity index (χ0v) is 22.2. The highest BCUT2D eigenvalue weighted by molar-refractivity contribution is 7.57. The zero-order chi connectivity index (χ0) is 27.0. The van der Waals surface area contributed by atoms with Gasteiger partial charge < -0.3 is 24.6 Å². The topological polar surface area (TPSA) is 164 Å². The van der Waals surface area contributed by atoms with Gasteiger partial charge in [-0.15, -0.1) is 0 Å². The number of aliphatic hydroxyl groups excluding tert-OH is 1. The number of likely N-dealkylation sites (N-methyl/N-ethyl adjacent to an activating group) is 1. The first kappa shape index (κ1) is 32.4. The van der Waals surface area contributed by atoms with Crippen LogP contribution in [0, 0.1) is 0 Å². The van der Waals surface area contributed by atoms with Crippen LogP contribution in [-0.4, -0.2) is 170 Å². The molecule has 0 aliphatic carbocycles. The van der Waals surface area contributed by atoms with Crippen LogP contribution in [0.25, 0.3) is 0 Å². The fourth-order valence-electron chi connectivity index (χ4n) is 3.95. The molecule has 1 saturated heterocycles. The molecule has 0 bridgehead atoms. The lowest BCUT2D eigenvalue weighted by molar-refractivity contribution is -0.139. The van der Waals surface area contributed by atoms with Crippen molar-refractivity contribution in [1.29, 1.82) is 0 Å². The van der Waals surface area contributed by atoms with Gasteiger partial charge in [0.2, 0.25) is 7.37 Å². The van der Waals surface area contributed by atoms with Crippen LogP contribution >= 0.6 is 7.37 Å². The van der Waals surface area contributed by atoms with Crippen molar-refractivity contribution in [2.45, 2.75) is 13.0 Å². The number of carbonyl (C=O) groups excluding carboxylic acids is 2. The zero-order valence-electron chi connectivity index (χ0n) is 21.3. The molecule has 1 heterocycles. The minimum Gasteiger partial charge on any atom is -0.480 e. The molecule has 0 aromatic carbocycles. The van der Waals surface area contributed by atoms with E-state index >= 15 is 0 Å². The highest BCUT2D eigenvalue weighted by Gasteiger charge is 2.22. The average molecular weight is 540 g/mol. The van der Waals surface area contributed by atoms with E-state index in [1.54, 1.807) is 9.80 Å². The van der Waals surface area contributed by atoms with Crippen LogP contribution in [-0.2, 0) is 28.4 Å². The number of hydrogen-bond acceptors (Lipinski definition) is 12. The molecule has 1 aliphatic heterocycles. The molecule has 0 saturated carbocycles. The Morgan fingerprint density at radius 3 is 1.78 bits per heavy atom. The largest absolute Gasteiger partial charge is 0.480 e. The Labute approximate surface area is 212 Å². The molecule has 0 radical (unpaired) electrons. The first-order valence-electron chi connectivity index (χ1n) is 12.0. The van der Waals surface area contributed by atoms with E-state index in [9.17, 15) is 34.1 Å². The lowest BCUT2D eigenvalue weighted by Gasteiger charge is -2.34. The van der Waals surface area contributed by atoms with E-state index in [2.05, 4.69) is 0 Å². The number of nitrogens with zero attached hydrogens (tertiary/aromatic N) is 5. The van der Waals surface area contributed by atoms with Crippen molar-refractivity contribution in [3.8, 4) is 0 Å². The number of hydrogen-bond donors (Lipinski definition) is 3. The van der Waals surface area contributed by atoms with Crippen LogP contribution in [0.3, 0.4) is 0 Å². The molecule has 0 amide bonds. The van der Waals surface area contributed by atoms with Crippen LogP contribution < -0.4 is 0 Å². The predicted molar refractivity (Wildman–Crippen MR) is 132 cm³/mol. The van der Waals surface area contributed by atoms with Crippen LogP contribution in [0.5, 0.6) is 0 Å². The summed E-state index contributed by atoms with van der Waals surface area (Å²) in [6, 6.07) is 0. The van der Waals surface area contributed by atoms with Crippen LogP contribution in [0.1, 0.15) is 6.92 Å². The highest BCUT2D eigenvalue weighted by atomic mass is 31.2. The number of carbonyl (C=O) groups is 3. The van der Waals surface area contributed by atoms with Crippen LogP contribution in [0.15, 0.2) is 0 Å². The van der Waals surface area contributed by atoms with Crippen LogP contribution in [0.4, 0.5) is 0 Å². The third-order valence-electron chi connectivity index (χ3n) is 5.79. The summed E-state index contributed by atoms with van der Waals surface area (Å²) in [5.41, 5.74) is 0. The van der Waals surface area contributed by atoms with Gasteiger partial charge in [0.15, 0.2) is 0 Å². The van der Waals surface area contributed by atoms with E-state index in [1.165, 1.54) is 6.66 Å². The Kier molecular flexibility index (Phi) is 16.0. The normalized spacial score (nSPS) is 20.6. The molecular weight excluding hydrogens is 497 g/mol. The van der Waals surface area contributed by atoms with Gasteiger partial charge in [-0.2, -0.15) is 0 Å². The SMILES string of the molecule is CCN(CC(O)CN1CCN(COC=O)CCN(COC=O)CCN(CC(=O)O)CC1)CP(C)(=O)O. The quantitative estimate of drug-likeness (QED) is 0.156. The molecule has 14 nitrogen and oxygen atoms in total. The number of β-amino-alcohol motifs (C(OH)–C–C–N with tert-alkyl or cyclic N) is 1. The number of carboxylic acid groups (broad SMARTS) is 1. The molecule has 210 valence electrons. The molecule has 0 aromatic rings. The Morgan fingerprint density at radius 2 is 1.39 bits per heavy atom. The number of rotatable bonds is 15. The molecule has 3 N–H and O–H groups in total. The summed E-state index contributed by atoms with van der Waals surface area (Å²) in [6.07, 6.45) is -0.790. The summed E-state index contributed by atoms with van der Waals surface area (Å²) in [4.78, 5) is 51.8. The van der Waals surface area contributed by atoms with Gasteiger partial charge >= 0.3 is 5.97 Å². The molecule has 1 fully saturated rings. The lowest BCUT2D eigenvalue weighted by Crippen LogP contribution is -2.49. The Hall–Kier alpha value is -1.64. The summed E-state index contributed by atoms with van der Waals surface area (Å²) in [5.74, 6) is -0.951. The summed E-state index contributed by atoms with van der Waals surface area (Å²) >= 11 is 0. The molecule has 1 rings (SSSR count). The van der Waals surface area contributed by atoms with Gasteiger partial charge in [0.1, 0.15) is 13.5 Å². The van der Waals surface area contributed by atoms with Crippen LogP contribution in [0.2, 0.25) is 0 Å². The second-order valence-corrected chi connectivity index (χ2v) is 11.4.